The Bertz CT molecular complexity index is 196. The van der Waals surface area contributed by atoms with Crippen LogP contribution >= 0.6 is 0 Å². The van der Waals surface area contributed by atoms with Gasteiger partial charge in [-0.1, -0.05) is 12.2 Å². The maximum atomic E-state index is 3.98. The van der Waals surface area contributed by atoms with Crippen LogP contribution in [0, 0.1) is 0 Å². The van der Waals surface area contributed by atoms with Crippen molar-refractivity contribution in [1.29, 1.82) is 0 Å². The molecule has 0 aromatic carbocycles. The Balaban J connectivity index is 2.59. The van der Waals surface area contributed by atoms with E-state index >= 15 is 0 Å². The maximum Gasteiger partial charge on any atom is 0.0284 e. The van der Waals surface area contributed by atoms with E-state index in [1.54, 1.807) is 0 Å². The van der Waals surface area contributed by atoms with Crippen molar-refractivity contribution in [2.24, 2.45) is 0 Å². The van der Waals surface area contributed by atoms with Crippen molar-refractivity contribution < 1.29 is 0 Å². The van der Waals surface area contributed by atoms with Gasteiger partial charge in [0, 0.05) is 31.7 Å². The number of piperazine rings is 1. The molecule has 1 aliphatic heterocycles. The third-order valence-electron chi connectivity index (χ3n) is 2.73. The Kier molecular flexibility index (Phi) is 3.14. The first-order chi connectivity index (χ1) is 5.92. The first-order valence-corrected chi connectivity index (χ1v) is 5.00. The summed E-state index contributed by atoms with van der Waals surface area (Å²) >= 11 is 0. The quantitative estimate of drug-likeness (QED) is 0.598. The summed E-state index contributed by atoms with van der Waals surface area (Å²) in [6, 6.07) is 0. The third-order valence-corrected chi connectivity index (χ3v) is 2.73. The average Bonchev–Trinajstić information content (AvgIpc) is 1.93. The van der Waals surface area contributed by atoms with Gasteiger partial charge >= 0.3 is 0 Å². The van der Waals surface area contributed by atoms with Crippen LogP contribution in [0.5, 0.6) is 0 Å². The minimum atomic E-state index is 0.298. The van der Waals surface area contributed by atoms with Gasteiger partial charge in [0.1, 0.15) is 0 Å². The van der Waals surface area contributed by atoms with Gasteiger partial charge in [0.25, 0.3) is 0 Å². The number of likely N-dealkylation sites (N-methyl/N-ethyl adjacent to an activating group) is 1. The number of rotatable bonds is 2. The molecule has 0 bridgehead atoms. The normalized spacial score (nSPS) is 24.6. The monoisotopic (exact) mass is 182 g/mol. The maximum absolute atomic E-state index is 3.98. The SMILES string of the molecule is C=C(C)CN1CCN(C)CC1(C)C. The zero-order chi connectivity index (χ0) is 10.1. The fourth-order valence-electron chi connectivity index (χ4n) is 2.05. The van der Waals surface area contributed by atoms with Crippen LogP contribution in [0.1, 0.15) is 20.8 Å². The highest BCUT2D eigenvalue weighted by molar-refractivity contribution is 4.98. The standard InChI is InChI=1S/C11H22N2/c1-10(2)8-13-7-6-12(5)9-11(13,3)4/h1,6-9H2,2-5H3. The molecular formula is C11H22N2. The van der Waals surface area contributed by atoms with Gasteiger partial charge in [-0.2, -0.15) is 0 Å². The van der Waals surface area contributed by atoms with Gasteiger partial charge < -0.3 is 4.90 Å². The van der Waals surface area contributed by atoms with E-state index in [-0.39, 0.29) is 0 Å². The van der Waals surface area contributed by atoms with E-state index in [0.29, 0.717) is 5.54 Å². The van der Waals surface area contributed by atoms with Crippen LogP contribution in [0.3, 0.4) is 0 Å². The molecule has 0 N–H and O–H groups in total. The summed E-state index contributed by atoms with van der Waals surface area (Å²) in [5.74, 6) is 0. The van der Waals surface area contributed by atoms with Crippen LogP contribution in [0.15, 0.2) is 12.2 Å². The number of nitrogens with zero attached hydrogens (tertiary/aromatic N) is 2. The third kappa shape index (κ3) is 2.82. The van der Waals surface area contributed by atoms with E-state index in [9.17, 15) is 0 Å². The van der Waals surface area contributed by atoms with Crippen LogP contribution in [-0.4, -0.2) is 48.6 Å². The van der Waals surface area contributed by atoms with Crippen molar-refractivity contribution in [3.63, 3.8) is 0 Å². The van der Waals surface area contributed by atoms with E-state index in [0.717, 1.165) is 19.6 Å². The van der Waals surface area contributed by atoms with Crippen LogP contribution in [-0.2, 0) is 0 Å². The zero-order valence-electron chi connectivity index (χ0n) is 9.43. The second kappa shape index (κ2) is 3.81. The summed E-state index contributed by atoms with van der Waals surface area (Å²) < 4.78 is 0. The predicted molar refractivity (Wildman–Crippen MR) is 58.0 cm³/mol. The van der Waals surface area contributed by atoms with Crippen molar-refractivity contribution in [3.8, 4) is 0 Å². The van der Waals surface area contributed by atoms with Crippen molar-refractivity contribution in [1.82, 2.24) is 9.80 Å². The van der Waals surface area contributed by atoms with Crippen LogP contribution in [0.4, 0.5) is 0 Å². The Morgan fingerprint density at radius 2 is 2.00 bits per heavy atom. The second-order valence-electron chi connectivity index (χ2n) is 4.93. The summed E-state index contributed by atoms with van der Waals surface area (Å²) in [6.45, 7) is 15.2. The molecule has 2 heteroatoms. The first-order valence-electron chi connectivity index (χ1n) is 5.00. The molecule has 0 aromatic rings. The lowest BCUT2D eigenvalue weighted by Crippen LogP contribution is -2.58. The van der Waals surface area contributed by atoms with Gasteiger partial charge in [-0.05, 0) is 27.8 Å². The van der Waals surface area contributed by atoms with Gasteiger partial charge in [-0.25, -0.2) is 0 Å². The van der Waals surface area contributed by atoms with Gasteiger partial charge in [0.15, 0.2) is 0 Å². The van der Waals surface area contributed by atoms with E-state index in [1.807, 2.05) is 0 Å². The van der Waals surface area contributed by atoms with Gasteiger partial charge in [0.2, 0.25) is 0 Å². The predicted octanol–water partition coefficient (Wildman–Crippen LogP) is 1.59. The Morgan fingerprint density at radius 1 is 1.38 bits per heavy atom. The molecular weight excluding hydrogens is 160 g/mol. The van der Waals surface area contributed by atoms with Crippen molar-refractivity contribution in [2.45, 2.75) is 26.3 Å². The molecule has 1 heterocycles. The first kappa shape index (κ1) is 10.7. The molecule has 0 atom stereocenters. The van der Waals surface area contributed by atoms with Crippen molar-refractivity contribution in [3.05, 3.63) is 12.2 Å². The lowest BCUT2D eigenvalue weighted by atomic mass is 9.98. The van der Waals surface area contributed by atoms with E-state index in [4.69, 9.17) is 0 Å². The summed E-state index contributed by atoms with van der Waals surface area (Å²) in [6.07, 6.45) is 0. The molecule has 1 rings (SSSR count). The highest BCUT2D eigenvalue weighted by Crippen LogP contribution is 2.20. The molecule has 13 heavy (non-hydrogen) atoms. The Morgan fingerprint density at radius 3 is 2.46 bits per heavy atom. The van der Waals surface area contributed by atoms with E-state index < -0.39 is 0 Å². The molecule has 0 aromatic heterocycles. The molecule has 0 radical (unpaired) electrons. The molecule has 0 unspecified atom stereocenters. The van der Waals surface area contributed by atoms with Gasteiger partial charge in [0.05, 0.1) is 0 Å². The van der Waals surface area contributed by atoms with Gasteiger partial charge in [-0.3, -0.25) is 4.90 Å². The summed E-state index contributed by atoms with van der Waals surface area (Å²) in [7, 11) is 2.19. The Hall–Kier alpha value is -0.340. The van der Waals surface area contributed by atoms with E-state index in [2.05, 4.69) is 44.2 Å². The minimum absolute atomic E-state index is 0.298. The highest BCUT2D eigenvalue weighted by Gasteiger charge is 2.31. The lowest BCUT2D eigenvalue weighted by molar-refractivity contribution is 0.0395. The van der Waals surface area contributed by atoms with Crippen LogP contribution < -0.4 is 0 Å². The van der Waals surface area contributed by atoms with Crippen LogP contribution in [0.25, 0.3) is 0 Å². The molecule has 2 nitrogen and oxygen atoms in total. The molecule has 0 saturated carbocycles. The minimum Gasteiger partial charge on any atom is -0.303 e. The highest BCUT2D eigenvalue weighted by atomic mass is 15.3. The number of hydrogen-bond donors (Lipinski definition) is 0. The topological polar surface area (TPSA) is 6.48 Å². The fourth-order valence-corrected chi connectivity index (χ4v) is 2.05. The van der Waals surface area contributed by atoms with E-state index in [1.165, 1.54) is 12.1 Å². The Labute approximate surface area is 82.2 Å². The van der Waals surface area contributed by atoms with Crippen LogP contribution in [0.2, 0.25) is 0 Å². The summed E-state index contributed by atoms with van der Waals surface area (Å²) in [5, 5.41) is 0. The second-order valence-corrected chi connectivity index (χ2v) is 4.93. The smallest absolute Gasteiger partial charge is 0.0284 e. The molecule has 1 saturated heterocycles. The zero-order valence-corrected chi connectivity index (χ0v) is 9.43. The van der Waals surface area contributed by atoms with Crippen molar-refractivity contribution in [2.75, 3.05) is 33.2 Å². The fraction of sp³-hybridized carbons (Fsp3) is 0.818. The average molecular weight is 182 g/mol. The molecule has 76 valence electrons. The molecule has 0 amide bonds. The van der Waals surface area contributed by atoms with Crippen molar-refractivity contribution >= 4 is 0 Å². The molecule has 1 aliphatic rings. The number of hydrogen-bond acceptors (Lipinski definition) is 2. The largest absolute Gasteiger partial charge is 0.303 e. The summed E-state index contributed by atoms with van der Waals surface area (Å²) in [5.41, 5.74) is 1.56. The summed E-state index contributed by atoms with van der Waals surface area (Å²) in [4.78, 5) is 4.92. The van der Waals surface area contributed by atoms with Gasteiger partial charge in [-0.15, -0.1) is 0 Å². The lowest BCUT2D eigenvalue weighted by Gasteiger charge is -2.46. The molecule has 0 spiro atoms. The molecule has 1 fully saturated rings. The molecule has 0 aliphatic carbocycles.